The summed E-state index contributed by atoms with van der Waals surface area (Å²) in [5.41, 5.74) is 0. The van der Waals surface area contributed by atoms with Crippen LogP contribution in [0.1, 0.15) is 90.9 Å². The van der Waals surface area contributed by atoms with Gasteiger partial charge in [-0.25, -0.2) is 0 Å². The van der Waals surface area contributed by atoms with E-state index in [0.717, 1.165) is 25.9 Å². The molecular formula is C16H35NO3S. The molecule has 1 atom stereocenters. The molecule has 0 aromatic rings. The molecule has 4 nitrogen and oxygen atoms in total. The Kier molecular flexibility index (Phi) is 16.4. The van der Waals surface area contributed by atoms with Crippen LogP contribution in [0.3, 0.4) is 0 Å². The quantitative estimate of drug-likeness (QED) is 0.245. The lowest BCUT2D eigenvalue weighted by Gasteiger charge is -2.18. The number of hydrogen-bond donors (Lipinski definition) is 1. The molecule has 0 aliphatic carbocycles. The third-order valence-electron chi connectivity index (χ3n) is 3.69. The summed E-state index contributed by atoms with van der Waals surface area (Å²) in [6.45, 7) is 5.94. The normalized spacial score (nSPS) is 13.0. The number of rotatable bonds is 16. The molecule has 21 heavy (non-hydrogen) atoms. The van der Waals surface area contributed by atoms with Crippen molar-refractivity contribution >= 4 is 11.4 Å². The van der Waals surface area contributed by atoms with Crippen LogP contribution in [0.5, 0.6) is 0 Å². The van der Waals surface area contributed by atoms with Gasteiger partial charge in [0.1, 0.15) is 0 Å². The molecule has 0 heterocycles. The lowest BCUT2D eigenvalue weighted by Crippen LogP contribution is -2.27. The molecular weight excluding hydrogens is 286 g/mol. The highest BCUT2D eigenvalue weighted by molar-refractivity contribution is 7.74. The molecule has 0 fully saturated rings. The van der Waals surface area contributed by atoms with Crippen LogP contribution >= 0.6 is 0 Å². The minimum Gasteiger partial charge on any atom is -0.283 e. The van der Waals surface area contributed by atoms with E-state index in [1.807, 2.05) is 0 Å². The topological polar surface area (TPSA) is 49.8 Å². The summed E-state index contributed by atoms with van der Waals surface area (Å²) in [5, 5.41) is 1.68. The molecule has 0 aliphatic heterocycles. The van der Waals surface area contributed by atoms with Crippen molar-refractivity contribution in [2.75, 3.05) is 13.1 Å². The Morgan fingerprint density at radius 1 is 0.762 bits per heavy atom. The van der Waals surface area contributed by atoms with Crippen LogP contribution in [0.25, 0.3) is 0 Å². The van der Waals surface area contributed by atoms with Crippen molar-refractivity contribution in [2.45, 2.75) is 90.9 Å². The zero-order valence-corrected chi connectivity index (χ0v) is 14.8. The fraction of sp³-hybridized carbons (Fsp3) is 1.00. The molecule has 0 aliphatic rings. The van der Waals surface area contributed by atoms with E-state index >= 15 is 0 Å². The van der Waals surface area contributed by atoms with Crippen LogP contribution in [-0.2, 0) is 15.6 Å². The summed E-state index contributed by atoms with van der Waals surface area (Å²) in [7, 11) is 0. The Balaban J connectivity index is 3.64. The first-order valence-corrected chi connectivity index (χ1v) is 9.78. The molecule has 1 N–H and O–H groups in total. The van der Waals surface area contributed by atoms with E-state index in [4.69, 9.17) is 8.84 Å². The van der Waals surface area contributed by atoms with E-state index in [9.17, 15) is 4.21 Å². The average Bonchev–Trinajstić information content (AvgIpc) is 2.45. The molecule has 0 saturated heterocycles. The third-order valence-corrected chi connectivity index (χ3v) is 4.03. The number of hydrogen-bond acceptors (Lipinski definition) is 3. The zero-order chi connectivity index (χ0) is 15.8. The summed E-state index contributed by atoms with van der Waals surface area (Å²) in [4.78, 5) is 0. The number of nitrogens with zero attached hydrogens (tertiary/aromatic N) is 1. The van der Waals surface area contributed by atoms with Crippen molar-refractivity contribution in [3.8, 4) is 0 Å². The standard InChI is InChI=1S/C16H35NO3S/c1-3-5-7-9-11-13-15-17(20-21(18)19)16-14-12-10-8-6-4-2/h3-16H2,1-2H3,(H,18,19). The SMILES string of the molecule is CCCCCCCCN(CCCCCCCC)OS(=O)O. The Bertz CT molecular complexity index is 224. The van der Waals surface area contributed by atoms with Gasteiger partial charge in [-0.05, 0) is 12.8 Å². The van der Waals surface area contributed by atoms with Crippen molar-refractivity contribution in [1.82, 2.24) is 5.06 Å². The predicted molar refractivity (Wildman–Crippen MR) is 90.2 cm³/mol. The number of hydroxylamine groups is 2. The van der Waals surface area contributed by atoms with E-state index in [1.165, 1.54) is 64.2 Å². The van der Waals surface area contributed by atoms with Crippen molar-refractivity contribution in [2.24, 2.45) is 0 Å². The van der Waals surface area contributed by atoms with Gasteiger partial charge >= 0.3 is 11.4 Å². The highest BCUT2D eigenvalue weighted by atomic mass is 32.2. The van der Waals surface area contributed by atoms with Gasteiger partial charge in [0.15, 0.2) is 0 Å². The minimum absolute atomic E-state index is 0.757. The van der Waals surface area contributed by atoms with E-state index in [0.29, 0.717) is 0 Å². The maximum Gasteiger partial charge on any atom is 0.319 e. The van der Waals surface area contributed by atoms with Crippen molar-refractivity contribution in [1.29, 1.82) is 0 Å². The van der Waals surface area contributed by atoms with E-state index < -0.39 is 11.4 Å². The van der Waals surface area contributed by atoms with Gasteiger partial charge < -0.3 is 0 Å². The summed E-state index contributed by atoms with van der Waals surface area (Å²) in [6, 6.07) is 0. The monoisotopic (exact) mass is 321 g/mol. The van der Waals surface area contributed by atoms with Gasteiger partial charge in [-0.15, -0.1) is 0 Å². The Labute approximate surface area is 134 Å². The van der Waals surface area contributed by atoms with E-state index in [-0.39, 0.29) is 0 Å². The highest BCUT2D eigenvalue weighted by Crippen LogP contribution is 2.09. The summed E-state index contributed by atoms with van der Waals surface area (Å²) in [5.74, 6) is 0. The van der Waals surface area contributed by atoms with Gasteiger partial charge in [0, 0.05) is 13.1 Å². The molecule has 0 rings (SSSR count). The maximum atomic E-state index is 10.8. The first-order valence-electron chi connectivity index (χ1n) is 8.75. The van der Waals surface area contributed by atoms with Crippen molar-refractivity contribution in [3.63, 3.8) is 0 Å². The molecule has 0 aromatic carbocycles. The second-order valence-corrected chi connectivity index (χ2v) is 6.34. The van der Waals surface area contributed by atoms with Crippen molar-refractivity contribution < 1.29 is 13.0 Å². The molecule has 0 amide bonds. The van der Waals surface area contributed by atoms with Gasteiger partial charge in [-0.2, -0.15) is 13.6 Å². The lowest BCUT2D eigenvalue weighted by molar-refractivity contribution is -0.0551. The number of unbranched alkanes of at least 4 members (excludes halogenated alkanes) is 10. The molecule has 0 radical (unpaired) electrons. The molecule has 128 valence electrons. The Morgan fingerprint density at radius 3 is 1.52 bits per heavy atom. The zero-order valence-electron chi connectivity index (χ0n) is 14.0. The molecule has 5 heteroatoms. The fourth-order valence-electron chi connectivity index (χ4n) is 2.41. The maximum absolute atomic E-state index is 10.8. The fourth-order valence-corrected chi connectivity index (χ4v) is 2.74. The highest BCUT2D eigenvalue weighted by Gasteiger charge is 2.08. The average molecular weight is 322 g/mol. The first-order chi connectivity index (χ1) is 10.2. The van der Waals surface area contributed by atoms with Gasteiger partial charge in [0.05, 0.1) is 0 Å². The smallest absolute Gasteiger partial charge is 0.283 e. The molecule has 1 unspecified atom stereocenters. The van der Waals surface area contributed by atoms with Gasteiger partial charge in [0.25, 0.3) is 0 Å². The first kappa shape index (κ1) is 21.0. The van der Waals surface area contributed by atoms with Crippen LogP contribution in [0.4, 0.5) is 0 Å². The molecule has 0 bridgehead atoms. The summed E-state index contributed by atoms with van der Waals surface area (Å²) >= 11 is -2.19. The van der Waals surface area contributed by atoms with Crippen LogP contribution in [0.2, 0.25) is 0 Å². The van der Waals surface area contributed by atoms with Crippen LogP contribution < -0.4 is 0 Å². The van der Waals surface area contributed by atoms with E-state index in [1.54, 1.807) is 5.06 Å². The second-order valence-electron chi connectivity index (χ2n) is 5.76. The predicted octanol–water partition coefficient (Wildman–Crippen LogP) is 5.08. The van der Waals surface area contributed by atoms with Gasteiger partial charge in [-0.3, -0.25) is 4.55 Å². The molecule has 0 aromatic heterocycles. The van der Waals surface area contributed by atoms with Gasteiger partial charge in [0.2, 0.25) is 0 Å². The second kappa shape index (κ2) is 16.4. The minimum atomic E-state index is -2.19. The van der Waals surface area contributed by atoms with Crippen LogP contribution in [0.15, 0.2) is 0 Å². The Morgan fingerprint density at radius 2 is 1.14 bits per heavy atom. The Hall–Kier alpha value is 0.0300. The van der Waals surface area contributed by atoms with Crippen LogP contribution in [-0.4, -0.2) is 26.9 Å². The van der Waals surface area contributed by atoms with E-state index in [2.05, 4.69) is 13.8 Å². The molecule has 0 spiro atoms. The van der Waals surface area contributed by atoms with Crippen LogP contribution in [0, 0.1) is 0 Å². The largest absolute Gasteiger partial charge is 0.319 e. The lowest BCUT2D eigenvalue weighted by atomic mass is 10.1. The third kappa shape index (κ3) is 16.2. The van der Waals surface area contributed by atoms with Crippen molar-refractivity contribution in [3.05, 3.63) is 0 Å². The van der Waals surface area contributed by atoms with Gasteiger partial charge in [-0.1, -0.05) is 78.1 Å². The summed E-state index contributed by atoms with van der Waals surface area (Å²) in [6.07, 6.45) is 14.6. The molecule has 0 saturated carbocycles. The summed E-state index contributed by atoms with van der Waals surface area (Å²) < 4.78 is 24.6.